The molecule has 0 bridgehead atoms. The Kier molecular flexibility index (Phi) is 2.96. The van der Waals surface area contributed by atoms with Gasteiger partial charge < -0.3 is 29.1 Å². The van der Waals surface area contributed by atoms with E-state index in [0.717, 1.165) is 0 Å². The first-order valence-corrected chi connectivity index (χ1v) is 6.01. The predicted octanol–water partition coefficient (Wildman–Crippen LogP) is 0.116. The highest BCUT2D eigenvalue weighted by Gasteiger charge is 2.26. The van der Waals surface area contributed by atoms with Crippen LogP contribution in [0.5, 0.6) is 0 Å². The van der Waals surface area contributed by atoms with Gasteiger partial charge in [0.25, 0.3) is 0 Å². The van der Waals surface area contributed by atoms with Crippen LogP contribution in [0.3, 0.4) is 0 Å². The van der Waals surface area contributed by atoms with Crippen LogP contribution in [-0.2, 0) is 0 Å². The highest BCUT2D eigenvalue weighted by molar-refractivity contribution is 6.51. The largest absolute Gasteiger partial charge is 0.508 e. The average molecular weight is 254 g/mol. The lowest BCUT2D eigenvalue weighted by atomic mass is 9.86. The fourth-order valence-electron chi connectivity index (χ4n) is 2.05. The minimum Gasteiger partial charge on any atom is -0.508 e. The normalized spacial score (nSPS) is 22.1. The maximum Gasteiger partial charge on any atom is 0.195 e. The maximum atomic E-state index is 3.22. The Labute approximate surface area is 115 Å². The Morgan fingerprint density at radius 3 is 1.11 bits per heavy atom. The molecule has 0 saturated heterocycles. The van der Waals surface area contributed by atoms with Crippen molar-refractivity contribution in [3.63, 3.8) is 0 Å². The van der Waals surface area contributed by atoms with Crippen molar-refractivity contribution in [1.82, 2.24) is 29.1 Å². The highest BCUT2D eigenvalue weighted by atomic mass is 15.5. The molecule has 0 saturated carbocycles. The quantitative estimate of drug-likeness (QED) is 0.661. The van der Waals surface area contributed by atoms with Crippen molar-refractivity contribution in [3.8, 4) is 0 Å². The molecule has 0 N–H and O–H groups in total. The van der Waals surface area contributed by atoms with Crippen LogP contribution < -0.4 is 0 Å². The van der Waals surface area contributed by atoms with Crippen molar-refractivity contribution in [1.29, 1.82) is 0 Å². The van der Waals surface area contributed by atoms with E-state index in [0.29, 0.717) is 0 Å². The summed E-state index contributed by atoms with van der Waals surface area (Å²) in [6.45, 7) is 9.67. The summed E-state index contributed by atoms with van der Waals surface area (Å²) < 4.78 is 0. The van der Waals surface area contributed by atoms with Gasteiger partial charge in [0.15, 0.2) is 27.1 Å². The Morgan fingerprint density at radius 1 is 0.579 bits per heavy atom. The van der Waals surface area contributed by atoms with Crippen LogP contribution in [0.2, 0.25) is 0 Å². The summed E-state index contributed by atoms with van der Waals surface area (Å²) in [4.78, 5) is 11.6. The van der Waals surface area contributed by atoms with Crippen LogP contribution in [0, 0.1) is 20.0 Å². The number of nitrogens with zero attached hydrogens (tertiary/aromatic N) is 6. The minimum absolute atomic E-state index is 0.108. The molecule has 19 heavy (non-hydrogen) atoms. The lowest BCUT2D eigenvalue weighted by Crippen LogP contribution is -2.55. The fourth-order valence-corrected chi connectivity index (χ4v) is 2.05. The molecule has 0 aromatic rings. The van der Waals surface area contributed by atoms with Crippen molar-refractivity contribution in [2.24, 2.45) is 0 Å². The molecule has 7 radical (unpaired) electrons. The Morgan fingerprint density at radius 2 is 0.895 bits per heavy atom. The second-order valence-electron chi connectivity index (χ2n) is 4.60. The Hall–Kier alpha value is -1.92. The summed E-state index contributed by atoms with van der Waals surface area (Å²) in [5.74, 6) is 0. The van der Waals surface area contributed by atoms with E-state index in [-0.39, 0.29) is 7.12 Å². The monoisotopic (exact) mass is 254 g/mol. The molecular formula is C12H15BN6-. The second kappa shape index (κ2) is 4.64. The van der Waals surface area contributed by atoms with Gasteiger partial charge in [0, 0.05) is 39.7 Å². The molecule has 0 aliphatic carbocycles. The third-order valence-corrected chi connectivity index (χ3v) is 2.92. The van der Waals surface area contributed by atoms with Crippen molar-refractivity contribution in [2.75, 3.05) is 21.1 Å². The molecule has 0 atom stereocenters. The van der Waals surface area contributed by atoms with E-state index in [1.165, 1.54) is 0 Å². The van der Waals surface area contributed by atoms with Crippen LogP contribution in [0.1, 0.15) is 0 Å². The third kappa shape index (κ3) is 2.32. The first-order valence-electron chi connectivity index (χ1n) is 6.01. The summed E-state index contributed by atoms with van der Waals surface area (Å²) in [5, 5.41) is 0. The lowest BCUT2D eigenvalue weighted by Gasteiger charge is -2.50. The fraction of sp³-hybridized carbons (Fsp3) is 0.250. The maximum absolute atomic E-state index is 3.22. The van der Waals surface area contributed by atoms with E-state index in [1.54, 1.807) is 0 Å². The zero-order valence-electron chi connectivity index (χ0n) is 11.2. The summed E-state index contributed by atoms with van der Waals surface area (Å²) in [5.41, 5.74) is 0. The Balaban J connectivity index is 1.78. The summed E-state index contributed by atoms with van der Waals surface area (Å²) >= 11 is 0. The molecule has 3 aliphatic rings. The SMILES string of the molecule is CN1[C]N([B-](N2[C]N(C)C=C2)N2[C]N(C)C=C2)C=C1. The standard InChI is InChI=1S/C12H15BN6/c1-14-4-7-17(10-14)13(18-8-5-15(2)11-18)19-9-6-16(3)12-19/h4-9H,1-3H3/q-1. The number of hydrogen-bond acceptors (Lipinski definition) is 6. The predicted molar refractivity (Wildman–Crippen MR) is 71.7 cm³/mol. The molecule has 0 amide bonds. The molecule has 0 aromatic carbocycles. The van der Waals surface area contributed by atoms with Gasteiger partial charge in [-0.2, -0.15) is 0 Å². The van der Waals surface area contributed by atoms with E-state index in [9.17, 15) is 0 Å². The van der Waals surface area contributed by atoms with Crippen LogP contribution >= 0.6 is 0 Å². The van der Waals surface area contributed by atoms with Crippen LogP contribution in [0.15, 0.2) is 37.2 Å². The van der Waals surface area contributed by atoms with Crippen LogP contribution in [0.4, 0.5) is 0 Å². The second-order valence-corrected chi connectivity index (χ2v) is 4.60. The molecule has 0 aromatic heterocycles. The summed E-state index contributed by atoms with van der Waals surface area (Å²) in [6, 6.07) is 0. The van der Waals surface area contributed by atoms with Gasteiger partial charge in [0.2, 0.25) is 0 Å². The zero-order valence-corrected chi connectivity index (χ0v) is 11.2. The van der Waals surface area contributed by atoms with Crippen molar-refractivity contribution in [2.45, 2.75) is 0 Å². The smallest absolute Gasteiger partial charge is 0.195 e. The van der Waals surface area contributed by atoms with E-state index >= 15 is 0 Å². The molecule has 7 heteroatoms. The van der Waals surface area contributed by atoms with Crippen molar-refractivity contribution in [3.05, 3.63) is 57.2 Å². The van der Waals surface area contributed by atoms with Gasteiger partial charge in [-0.25, -0.2) is 0 Å². The van der Waals surface area contributed by atoms with Gasteiger partial charge >= 0.3 is 0 Å². The van der Waals surface area contributed by atoms with E-state index in [2.05, 4.69) is 20.0 Å². The highest BCUT2D eigenvalue weighted by Crippen LogP contribution is 2.24. The van der Waals surface area contributed by atoms with Gasteiger partial charge in [0.1, 0.15) is 0 Å². The van der Waals surface area contributed by atoms with Crippen molar-refractivity contribution >= 4 is 7.12 Å². The average Bonchev–Trinajstić information content (AvgIpc) is 3.05. The molecule has 3 rings (SSSR count). The summed E-state index contributed by atoms with van der Waals surface area (Å²) in [7, 11) is 5.74. The number of hydrogen-bond donors (Lipinski definition) is 0. The van der Waals surface area contributed by atoms with Gasteiger partial charge in [0.05, 0.1) is 0 Å². The molecule has 6 nitrogen and oxygen atoms in total. The van der Waals surface area contributed by atoms with E-state index in [1.807, 2.05) is 87.5 Å². The van der Waals surface area contributed by atoms with Gasteiger partial charge in [-0.15, -0.1) is 0 Å². The first-order chi connectivity index (χ1) is 9.13. The van der Waals surface area contributed by atoms with Gasteiger partial charge in [-0.05, 0) is 18.6 Å². The van der Waals surface area contributed by atoms with Gasteiger partial charge in [-0.3, -0.25) is 0 Å². The molecule has 97 valence electrons. The summed E-state index contributed by atoms with van der Waals surface area (Å²) in [6.07, 6.45) is 11.8. The van der Waals surface area contributed by atoms with Crippen LogP contribution in [0.25, 0.3) is 0 Å². The lowest BCUT2D eigenvalue weighted by molar-refractivity contribution is 0.382. The van der Waals surface area contributed by atoms with Crippen molar-refractivity contribution < 1.29 is 0 Å². The van der Waals surface area contributed by atoms with Gasteiger partial charge in [-0.1, -0.05) is 0 Å². The van der Waals surface area contributed by atoms with Crippen LogP contribution in [-0.4, -0.2) is 57.4 Å². The topological polar surface area (TPSA) is 19.4 Å². The molecule has 0 unspecified atom stereocenters. The van der Waals surface area contributed by atoms with E-state index < -0.39 is 0 Å². The zero-order chi connectivity index (χ0) is 13.4. The third-order valence-electron chi connectivity index (χ3n) is 2.92. The minimum atomic E-state index is -0.108. The molecule has 3 aliphatic heterocycles. The van der Waals surface area contributed by atoms with E-state index in [4.69, 9.17) is 0 Å². The number of rotatable bonds is 3. The Bertz CT molecular complexity index is 361. The first kappa shape index (κ1) is 12.1. The molecule has 3 heterocycles. The molecular weight excluding hydrogens is 239 g/mol. The molecule has 0 fully saturated rings. The molecule has 0 spiro atoms.